The van der Waals surface area contributed by atoms with Crippen molar-refractivity contribution < 1.29 is 14.3 Å². The van der Waals surface area contributed by atoms with E-state index in [9.17, 15) is 4.79 Å². The Morgan fingerprint density at radius 3 is 2.83 bits per heavy atom. The molecule has 1 aromatic rings. The lowest BCUT2D eigenvalue weighted by Crippen LogP contribution is -2.22. The van der Waals surface area contributed by atoms with Gasteiger partial charge in [0.05, 0.1) is 20.4 Å². The predicted octanol–water partition coefficient (Wildman–Crippen LogP) is 2.98. The minimum atomic E-state index is 0.0446. The second-order valence-electron chi connectivity index (χ2n) is 6.68. The summed E-state index contributed by atoms with van der Waals surface area (Å²) in [5.74, 6) is 2.09. The summed E-state index contributed by atoms with van der Waals surface area (Å²) >= 11 is 0. The molecular weight excluding hydrogens is 292 g/mol. The number of hydrogen-bond donors (Lipinski definition) is 1. The zero-order valence-corrected chi connectivity index (χ0v) is 14.0. The summed E-state index contributed by atoms with van der Waals surface area (Å²) in [6, 6.07) is 5.48. The fourth-order valence-electron chi connectivity index (χ4n) is 4.01. The molecule has 2 saturated carbocycles. The number of carbonyl (C=O) groups excluding carboxylic acids is 1. The minimum absolute atomic E-state index is 0.0446. The number of methoxy groups -OCH3 is 2. The fraction of sp³-hybridized carbons (Fsp3) is 0.556. The Bertz CT molecular complexity index is 629. The second-order valence-corrected chi connectivity index (χ2v) is 6.68. The summed E-state index contributed by atoms with van der Waals surface area (Å²) in [6.07, 6.45) is 6.43. The van der Waals surface area contributed by atoms with Crippen LogP contribution in [0.5, 0.6) is 11.5 Å². The van der Waals surface area contributed by atoms with Crippen molar-refractivity contribution in [3.8, 4) is 11.5 Å². The highest BCUT2D eigenvalue weighted by atomic mass is 16.5. The van der Waals surface area contributed by atoms with Gasteiger partial charge >= 0.3 is 0 Å². The van der Waals surface area contributed by atoms with Gasteiger partial charge in [-0.1, -0.05) is 19.8 Å². The van der Waals surface area contributed by atoms with Gasteiger partial charge in [-0.3, -0.25) is 4.79 Å². The zero-order chi connectivity index (χ0) is 16.4. The van der Waals surface area contributed by atoms with Gasteiger partial charge in [-0.15, -0.1) is 0 Å². The van der Waals surface area contributed by atoms with Gasteiger partial charge in [0.25, 0.3) is 0 Å². The third-order valence-corrected chi connectivity index (χ3v) is 5.43. The molecule has 124 valence electrons. The Kier molecular flexibility index (Phi) is 4.28. The van der Waals surface area contributed by atoms with Crippen LogP contribution in [0.25, 0.3) is 0 Å². The summed E-state index contributed by atoms with van der Waals surface area (Å²) in [6.45, 7) is 2.23. The highest BCUT2D eigenvalue weighted by Crippen LogP contribution is 2.66. The average Bonchev–Trinajstić information content (AvgIpc) is 3.20. The lowest BCUT2D eigenvalue weighted by Gasteiger charge is -2.15. The first-order valence-corrected chi connectivity index (χ1v) is 8.15. The Morgan fingerprint density at radius 2 is 2.17 bits per heavy atom. The first-order valence-electron chi connectivity index (χ1n) is 8.15. The molecule has 2 fully saturated rings. The molecule has 2 aliphatic carbocycles. The zero-order valence-electron chi connectivity index (χ0n) is 14.0. The first-order chi connectivity index (χ1) is 11.1. The number of hydrazone groups is 1. The van der Waals surface area contributed by atoms with Gasteiger partial charge < -0.3 is 9.47 Å². The Balaban J connectivity index is 1.62. The number of nitrogens with one attached hydrogen (secondary N) is 1. The molecule has 0 saturated heterocycles. The lowest BCUT2D eigenvalue weighted by atomic mass is 9.90. The average molecular weight is 316 g/mol. The van der Waals surface area contributed by atoms with E-state index in [0.29, 0.717) is 11.7 Å². The van der Waals surface area contributed by atoms with Gasteiger partial charge in [-0.2, -0.15) is 5.10 Å². The van der Waals surface area contributed by atoms with Crippen LogP contribution in [0.1, 0.15) is 38.2 Å². The number of rotatable bonds is 5. The maximum absolute atomic E-state index is 12.3. The first kappa shape index (κ1) is 15.8. The Hall–Kier alpha value is -2.04. The molecule has 3 rings (SSSR count). The highest BCUT2D eigenvalue weighted by Gasteiger charge is 2.64. The molecule has 0 radical (unpaired) electrons. The lowest BCUT2D eigenvalue weighted by molar-refractivity contribution is -0.123. The van der Waals surface area contributed by atoms with E-state index in [2.05, 4.69) is 17.5 Å². The van der Waals surface area contributed by atoms with Gasteiger partial charge in [0.2, 0.25) is 5.91 Å². The van der Waals surface area contributed by atoms with Crippen molar-refractivity contribution in [2.24, 2.45) is 22.4 Å². The summed E-state index contributed by atoms with van der Waals surface area (Å²) in [4.78, 5) is 12.3. The smallest absolute Gasteiger partial charge is 0.244 e. The molecule has 3 unspecified atom stereocenters. The third kappa shape index (κ3) is 2.92. The third-order valence-electron chi connectivity index (χ3n) is 5.43. The van der Waals surface area contributed by atoms with E-state index in [4.69, 9.17) is 9.47 Å². The van der Waals surface area contributed by atoms with E-state index in [0.717, 1.165) is 17.7 Å². The maximum Gasteiger partial charge on any atom is 0.244 e. The molecule has 5 heteroatoms. The van der Waals surface area contributed by atoms with Gasteiger partial charge in [0.15, 0.2) is 0 Å². The van der Waals surface area contributed by atoms with Crippen LogP contribution in [0.2, 0.25) is 0 Å². The molecule has 0 aromatic heterocycles. The van der Waals surface area contributed by atoms with Crippen LogP contribution < -0.4 is 14.9 Å². The van der Waals surface area contributed by atoms with Gasteiger partial charge in [-0.05, 0) is 36.3 Å². The van der Waals surface area contributed by atoms with E-state index in [1.807, 2.05) is 12.1 Å². The van der Waals surface area contributed by atoms with Crippen LogP contribution in [0.15, 0.2) is 23.3 Å². The molecule has 0 bridgehead atoms. The van der Waals surface area contributed by atoms with Crippen molar-refractivity contribution in [1.82, 2.24) is 5.43 Å². The molecule has 23 heavy (non-hydrogen) atoms. The fourth-order valence-corrected chi connectivity index (χ4v) is 4.01. The number of amides is 1. The van der Waals surface area contributed by atoms with Crippen LogP contribution in [0.3, 0.4) is 0 Å². The number of carbonyl (C=O) groups is 1. The Labute approximate surface area is 137 Å². The monoisotopic (exact) mass is 316 g/mol. The van der Waals surface area contributed by atoms with Crippen LogP contribution in [0.4, 0.5) is 0 Å². The van der Waals surface area contributed by atoms with E-state index < -0.39 is 0 Å². The number of benzene rings is 1. The quantitative estimate of drug-likeness (QED) is 0.671. The minimum Gasteiger partial charge on any atom is -0.497 e. The Morgan fingerprint density at radius 1 is 1.35 bits per heavy atom. The standard InChI is InChI=1S/C18H24N2O3/c1-18-9-5-4-6-14(18)16(18)17(21)20-19-11-12-7-8-13(22-2)10-15(12)23-3/h7-8,10-11,14,16H,4-6,9H2,1-3H3,(H,20,21)/b19-11+. The normalized spacial score (nSPS) is 29.0. The van der Waals surface area contributed by atoms with Gasteiger partial charge in [0, 0.05) is 17.5 Å². The van der Waals surface area contributed by atoms with Crippen LogP contribution in [0, 0.1) is 17.3 Å². The molecule has 5 nitrogen and oxygen atoms in total. The van der Waals surface area contributed by atoms with Crippen molar-refractivity contribution in [2.45, 2.75) is 32.6 Å². The van der Waals surface area contributed by atoms with Crippen LogP contribution in [-0.4, -0.2) is 26.3 Å². The molecule has 0 heterocycles. The maximum atomic E-state index is 12.3. The molecule has 1 aromatic carbocycles. The van der Waals surface area contributed by atoms with E-state index >= 15 is 0 Å². The number of ether oxygens (including phenoxy) is 2. The molecule has 3 atom stereocenters. The van der Waals surface area contributed by atoms with Crippen LogP contribution >= 0.6 is 0 Å². The van der Waals surface area contributed by atoms with Crippen molar-refractivity contribution in [2.75, 3.05) is 14.2 Å². The van der Waals surface area contributed by atoms with Crippen molar-refractivity contribution in [1.29, 1.82) is 0 Å². The van der Waals surface area contributed by atoms with Crippen LogP contribution in [-0.2, 0) is 4.79 Å². The van der Waals surface area contributed by atoms with E-state index in [-0.39, 0.29) is 17.2 Å². The molecule has 2 aliphatic rings. The number of nitrogens with zero attached hydrogens (tertiary/aromatic N) is 1. The summed E-state index contributed by atoms with van der Waals surface area (Å²) in [7, 11) is 3.21. The molecule has 0 aliphatic heterocycles. The van der Waals surface area contributed by atoms with E-state index in [1.165, 1.54) is 19.3 Å². The molecule has 0 spiro atoms. The second kappa shape index (κ2) is 6.22. The number of hydrogen-bond acceptors (Lipinski definition) is 4. The highest BCUT2D eigenvalue weighted by molar-refractivity contribution is 5.87. The number of fused-ring (bicyclic) bond motifs is 1. The van der Waals surface area contributed by atoms with Gasteiger partial charge in [-0.25, -0.2) is 5.43 Å². The van der Waals surface area contributed by atoms with Crippen molar-refractivity contribution >= 4 is 12.1 Å². The van der Waals surface area contributed by atoms with Gasteiger partial charge in [0.1, 0.15) is 11.5 Å². The predicted molar refractivity (Wildman–Crippen MR) is 88.8 cm³/mol. The summed E-state index contributed by atoms with van der Waals surface area (Å²) in [5.41, 5.74) is 3.70. The summed E-state index contributed by atoms with van der Waals surface area (Å²) < 4.78 is 10.5. The van der Waals surface area contributed by atoms with E-state index in [1.54, 1.807) is 26.5 Å². The summed E-state index contributed by atoms with van der Waals surface area (Å²) in [5, 5.41) is 4.11. The topological polar surface area (TPSA) is 59.9 Å². The molecule has 1 amide bonds. The largest absolute Gasteiger partial charge is 0.497 e. The van der Waals surface area contributed by atoms with Crippen molar-refractivity contribution in [3.63, 3.8) is 0 Å². The molecular formula is C18H24N2O3. The van der Waals surface area contributed by atoms with Crippen molar-refractivity contribution in [3.05, 3.63) is 23.8 Å². The SMILES string of the molecule is COc1ccc(/C=N/NC(=O)C2C3CCCCC32C)c(OC)c1. The molecule has 1 N–H and O–H groups in total.